The Morgan fingerprint density at radius 1 is 1.48 bits per heavy atom. The smallest absolute Gasteiger partial charge is 0.267 e. The van der Waals surface area contributed by atoms with Crippen LogP contribution in [-0.4, -0.2) is 57.1 Å². The molecule has 0 aromatic carbocycles. The van der Waals surface area contributed by atoms with Gasteiger partial charge in [-0.05, 0) is 18.0 Å². The quantitative estimate of drug-likeness (QED) is 0.896. The fourth-order valence-corrected chi connectivity index (χ4v) is 3.24. The lowest BCUT2D eigenvalue weighted by Gasteiger charge is -2.32. The molecule has 9 heteroatoms. The normalized spacial score (nSPS) is 18.0. The molecular weight excluding hydrogens is 316 g/mol. The van der Waals surface area contributed by atoms with Gasteiger partial charge in [-0.3, -0.25) is 9.78 Å². The van der Waals surface area contributed by atoms with Crippen molar-refractivity contribution in [1.82, 2.24) is 24.5 Å². The van der Waals surface area contributed by atoms with Gasteiger partial charge in [0.2, 0.25) is 0 Å². The van der Waals surface area contributed by atoms with Crippen molar-refractivity contribution < 1.29 is 9.53 Å². The van der Waals surface area contributed by atoms with Crippen molar-refractivity contribution in [2.75, 3.05) is 32.1 Å². The van der Waals surface area contributed by atoms with E-state index in [4.69, 9.17) is 4.74 Å². The van der Waals surface area contributed by atoms with Crippen LogP contribution in [-0.2, 0) is 11.2 Å². The number of amides is 1. The third kappa shape index (κ3) is 3.15. The molecule has 1 fully saturated rings. The highest BCUT2D eigenvalue weighted by molar-refractivity contribution is 7.08. The number of nitrogens with zero attached hydrogens (tertiary/aromatic N) is 5. The summed E-state index contributed by atoms with van der Waals surface area (Å²) in [4.78, 5) is 23.7. The van der Waals surface area contributed by atoms with Crippen LogP contribution in [0.5, 0.6) is 0 Å². The Labute approximate surface area is 138 Å². The first kappa shape index (κ1) is 15.8. The number of ether oxygens (including phenoxy) is 1. The Kier molecular flexibility index (Phi) is 4.77. The van der Waals surface area contributed by atoms with Crippen LogP contribution < -0.4 is 5.32 Å². The third-order valence-electron chi connectivity index (χ3n) is 3.71. The van der Waals surface area contributed by atoms with Crippen LogP contribution in [0.4, 0.5) is 5.82 Å². The minimum Gasteiger partial charge on any atom is -0.372 e. The van der Waals surface area contributed by atoms with Gasteiger partial charge in [-0.1, -0.05) is 11.4 Å². The zero-order valence-corrected chi connectivity index (χ0v) is 13.8. The first-order chi connectivity index (χ1) is 11.2. The number of rotatable bonds is 4. The average Bonchev–Trinajstić information content (AvgIpc) is 3.09. The highest BCUT2D eigenvalue weighted by Crippen LogP contribution is 2.26. The number of carbonyl (C=O) groups is 1. The molecule has 1 atom stereocenters. The molecule has 1 aliphatic heterocycles. The van der Waals surface area contributed by atoms with Crippen molar-refractivity contribution in [2.45, 2.75) is 19.4 Å². The SMILES string of the molecule is CCc1nnsc1C(=O)N1CCO[C@@H](c2nccnc2NC)C1. The zero-order valence-electron chi connectivity index (χ0n) is 13.0. The summed E-state index contributed by atoms with van der Waals surface area (Å²) in [5.74, 6) is 0.626. The summed E-state index contributed by atoms with van der Waals surface area (Å²) in [6, 6.07) is 0. The molecule has 3 heterocycles. The van der Waals surface area contributed by atoms with E-state index >= 15 is 0 Å². The van der Waals surface area contributed by atoms with Gasteiger partial charge in [0.15, 0.2) is 0 Å². The lowest BCUT2D eigenvalue weighted by atomic mass is 10.1. The molecule has 0 aliphatic carbocycles. The van der Waals surface area contributed by atoms with Crippen molar-refractivity contribution in [3.8, 4) is 0 Å². The molecule has 2 aromatic heterocycles. The standard InChI is InChI=1S/C14H18N6O2S/c1-3-9-12(23-19-18-9)14(21)20-6-7-22-10(8-20)11-13(15-2)17-5-4-16-11/h4-5,10H,3,6-8H2,1-2H3,(H,15,17)/t10-/m1/s1. The van der Waals surface area contributed by atoms with E-state index in [-0.39, 0.29) is 12.0 Å². The molecule has 1 amide bonds. The van der Waals surface area contributed by atoms with Crippen LogP contribution in [0.1, 0.15) is 34.1 Å². The first-order valence-electron chi connectivity index (χ1n) is 7.45. The number of hydrogen-bond donors (Lipinski definition) is 1. The molecule has 1 saturated heterocycles. The van der Waals surface area contributed by atoms with Crippen LogP contribution in [0.15, 0.2) is 12.4 Å². The average molecular weight is 334 g/mol. The van der Waals surface area contributed by atoms with Crippen molar-refractivity contribution in [1.29, 1.82) is 0 Å². The van der Waals surface area contributed by atoms with Gasteiger partial charge in [-0.2, -0.15) is 0 Å². The van der Waals surface area contributed by atoms with Crippen LogP contribution in [0.2, 0.25) is 0 Å². The van der Waals surface area contributed by atoms with Gasteiger partial charge < -0.3 is 15.0 Å². The van der Waals surface area contributed by atoms with E-state index < -0.39 is 0 Å². The zero-order chi connectivity index (χ0) is 16.2. The summed E-state index contributed by atoms with van der Waals surface area (Å²) < 4.78 is 9.69. The van der Waals surface area contributed by atoms with Gasteiger partial charge >= 0.3 is 0 Å². The predicted octanol–water partition coefficient (Wildman–Crippen LogP) is 1.15. The second-order valence-corrected chi connectivity index (χ2v) is 5.81. The summed E-state index contributed by atoms with van der Waals surface area (Å²) in [5.41, 5.74) is 1.46. The fraction of sp³-hybridized carbons (Fsp3) is 0.500. The van der Waals surface area contributed by atoms with E-state index in [0.717, 1.165) is 17.2 Å². The summed E-state index contributed by atoms with van der Waals surface area (Å²) in [6.07, 6.45) is 3.65. The van der Waals surface area contributed by atoms with Crippen molar-refractivity contribution in [3.05, 3.63) is 28.7 Å². The minimum atomic E-state index is -0.296. The van der Waals surface area contributed by atoms with E-state index in [2.05, 4.69) is 24.9 Å². The molecule has 0 unspecified atom stereocenters. The maximum atomic E-state index is 12.7. The highest BCUT2D eigenvalue weighted by atomic mass is 32.1. The maximum absolute atomic E-state index is 12.7. The Morgan fingerprint density at radius 2 is 2.30 bits per heavy atom. The number of aromatic nitrogens is 4. The van der Waals surface area contributed by atoms with E-state index in [9.17, 15) is 4.79 Å². The molecule has 0 spiro atoms. The number of anilines is 1. The number of aryl methyl sites for hydroxylation is 1. The lowest BCUT2D eigenvalue weighted by molar-refractivity contribution is -0.0244. The van der Waals surface area contributed by atoms with Crippen molar-refractivity contribution in [2.24, 2.45) is 0 Å². The largest absolute Gasteiger partial charge is 0.372 e. The van der Waals surface area contributed by atoms with Crippen molar-refractivity contribution >= 4 is 23.3 Å². The molecule has 2 aromatic rings. The molecule has 0 radical (unpaired) electrons. The van der Waals surface area contributed by atoms with Crippen LogP contribution in [0, 0.1) is 0 Å². The minimum absolute atomic E-state index is 0.0416. The molecule has 1 N–H and O–H groups in total. The molecular formula is C14H18N6O2S. The molecule has 0 saturated carbocycles. The maximum Gasteiger partial charge on any atom is 0.267 e. The summed E-state index contributed by atoms with van der Waals surface area (Å²) in [6.45, 7) is 3.41. The Bertz CT molecular complexity index is 691. The van der Waals surface area contributed by atoms with Crippen LogP contribution >= 0.6 is 11.5 Å². The topological polar surface area (TPSA) is 93.1 Å². The Hall–Kier alpha value is -2.13. The number of nitrogens with one attached hydrogen (secondary N) is 1. The molecule has 3 rings (SSSR count). The van der Waals surface area contributed by atoms with Gasteiger partial charge in [0.1, 0.15) is 22.5 Å². The van der Waals surface area contributed by atoms with Gasteiger partial charge in [0.25, 0.3) is 5.91 Å². The third-order valence-corrected chi connectivity index (χ3v) is 4.46. The Balaban J connectivity index is 1.79. The number of hydrogen-bond acceptors (Lipinski definition) is 8. The van der Waals surface area contributed by atoms with Crippen LogP contribution in [0.3, 0.4) is 0 Å². The molecule has 1 aliphatic rings. The van der Waals surface area contributed by atoms with Crippen LogP contribution in [0.25, 0.3) is 0 Å². The van der Waals surface area contributed by atoms with E-state index in [0.29, 0.717) is 42.5 Å². The second kappa shape index (κ2) is 6.97. The number of carbonyl (C=O) groups excluding carboxylic acids is 1. The number of morpholine rings is 1. The van der Waals surface area contributed by atoms with E-state index in [1.165, 1.54) is 0 Å². The monoisotopic (exact) mass is 334 g/mol. The first-order valence-corrected chi connectivity index (χ1v) is 8.22. The van der Waals surface area contributed by atoms with Gasteiger partial charge in [-0.15, -0.1) is 5.10 Å². The second-order valence-electron chi connectivity index (χ2n) is 5.05. The van der Waals surface area contributed by atoms with Gasteiger partial charge in [0.05, 0.1) is 18.8 Å². The van der Waals surface area contributed by atoms with E-state index in [1.807, 2.05) is 6.92 Å². The summed E-state index contributed by atoms with van der Waals surface area (Å²) in [5, 5.41) is 7.02. The molecule has 8 nitrogen and oxygen atoms in total. The summed E-state index contributed by atoms with van der Waals surface area (Å²) in [7, 11) is 1.79. The van der Waals surface area contributed by atoms with Gasteiger partial charge in [-0.25, -0.2) is 4.98 Å². The van der Waals surface area contributed by atoms with E-state index in [1.54, 1.807) is 24.3 Å². The molecule has 122 valence electrons. The fourth-order valence-electron chi connectivity index (χ4n) is 2.52. The highest BCUT2D eigenvalue weighted by Gasteiger charge is 2.30. The van der Waals surface area contributed by atoms with Crippen molar-refractivity contribution in [3.63, 3.8) is 0 Å². The predicted molar refractivity (Wildman–Crippen MR) is 85.5 cm³/mol. The lowest BCUT2D eigenvalue weighted by Crippen LogP contribution is -2.42. The summed E-state index contributed by atoms with van der Waals surface area (Å²) >= 11 is 1.15. The Morgan fingerprint density at radius 3 is 3.09 bits per heavy atom. The molecule has 0 bridgehead atoms. The molecule has 23 heavy (non-hydrogen) atoms. The van der Waals surface area contributed by atoms with Gasteiger partial charge in [0, 0.05) is 26.0 Å².